The van der Waals surface area contributed by atoms with Crippen molar-refractivity contribution in [2.24, 2.45) is 5.73 Å². The molecule has 0 radical (unpaired) electrons. The Morgan fingerprint density at radius 1 is 1.40 bits per heavy atom. The van der Waals surface area contributed by atoms with E-state index < -0.39 is 0 Å². The van der Waals surface area contributed by atoms with Crippen LogP contribution in [-0.2, 0) is 0 Å². The topological polar surface area (TPSA) is 41.3 Å². The second-order valence-corrected chi connectivity index (χ2v) is 6.73. The van der Waals surface area contributed by atoms with E-state index in [0.29, 0.717) is 11.0 Å². The lowest BCUT2D eigenvalue weighted by Gasteiger charge is -2.30. The van der Waals surface area contributed by atoms with Gasteiger partial charge in [-0.25, -0.2) is 0 Å². The predicted molar refractivity (Wildman–Crippen MR) is 93.4 cm³/mol. The van der Waals surface area contributed by atoms with Crippen molar-refractivity contribution in [2.45, 2.75) is 32.2 Å². The lowest BCUT2D eigenvalue weighted by atomic mass is 10.1. The Kier molecular flexibility index (Phi) is 5.81. The summed E-state index contributed by atoms with van der Waals surface area (Å²) < 4.78 is 0.945. The van der Waals surface area contributed by atoms with Gasteiger partial charge in [-0.05, 0) is 60.9 Å². The van der Waals surface area contributed by atoms with Crippen LogP contribution >= 0.6 is 28.1 Å². The van der Waals surface area contributed by atoms with Crippen molar-refractivity contribution in [3.8, 4) is 0 Å². The van der Waals surface area contributed by atoms with E-state index in [4.69, 9.17) is 18.0 Å². The van der Waals surface area contributed by atoms with Crippen LogP contribution in [0.1, 0.15) is 31.7 Å². The van der Waals surface area contributed by atoms with E-state index in [0.717, 1.165) is 22.3 Å². The van der Waals surface area contributed by atoms with E-state index in [2.05, 4.69) is 33.1 Å². The number of hydrogen-bond acceptors (Lipinski definition) is 3. The van der Waals surface area contributed by atoms with Crippen molar-refractivity contribution in [3.63, 3.8) is 0 Å². The molecule has 0 aliphatic carbocycles. The summed E-state index contributed by atoms with van der Waals surface area (Å²) >= 11 is 8.67. The van der Waals surface area contributed by atoms with Gasteiger partial charge < -0.3 is 16.0 Å². The monoisotopic (exact) mass is 355 g/mol. The zero-order valence-corrected chi connectivity index (χ0v) is 14.3. The summed E-state index contributed by atoms with van der Waals surface area (Å²) in [5.41, 5.74) is 7.73. The molecule has 3 nitrogen and oxygen atoms in total. The molecule has 0 saturated carbocycles. The molecule has 1 unspecified atom stereocenters. The third kappa shape index (κ3) is 4.17. The fourth-order valence-corrected chi connectivity index (χ4v) is 3.67. The highest BCUT2D eigenvalue weighted by Gasteiger charge is 2.15. The Bertz CT molecular complexity index is 472. The molecule has 1 heterocycles. The van der Waals surface area contributed by atoms with E-state index in [-0.39, 0.29) is 0 Å². The van der Waals surface area contributed by atoms with Crippen LogP contribution in [0.4, 0.5) is 5.69 Å². The normalized spacial score (nSPS) is 17.7. The number of hydrogen-bond donors (Lipinski definition) is 2. The molecule has 1 aliphatic heterocycles. The number of nitrogens with one attached hydrogen (secondary N) is 1. The Hall–Kier alpha value is -0.650. The quantitative estimate of drug-likeness (QED) is 0.794. The van der Waals surface area contributed by atoms with Gasteiger partial charge in [0.1, 0.15) is 4.99 Å². The first-order valence-electron chi connectivity index (χ1n) is 7.15. The number of benzene rings is 1. The number of likely N-dealkylation sites (tertiary alicyclic amines) is 1. The fourth-order valence-electron chi connectivity index (χ4n) is 2.74. The van der Waals surface area contributed by atoms with Crippen LogP contribution in [0.5, 0.6) is 0 Å². The minimum Gasteiger partial charge on any atom is -0.389 e. The van der Waals surface area contributed by atoms with Crippen molar-refractivity contribution in [1.29, 1.82) is 0 Å². The Morgan fingerprint density at radius 3 is 2.75 bits per heavy atom. The van der Waals surface area contributed by atoms with Crippen molar-refractivity contribution in [2.75, 3.05) is 25.0 Å². The van der Waals surface area contributed by atoms with Gasteiger partial charge in [0, 0.05) is 28.3 Å². The summed E-state index contributed by atoms with van der Waals surface area (Å²) in [5, 5.41) is 3.54. The summed E-state index contributed by atoms with van der Waals surface area (Å²) in [7, 11) is 0. The largest absolute Gasteiger partial charge is 0.389 e. The van der Waals surface area contributed by atoms with Gasteiger partial charge in [-0.3, -0.25) is 0 Å². The lowest BCUT2D eigenvalue weighted by Crippen LogP contribution is -2.38. The van der Waals surface area contributed by atoms with Gasteiger partial charge in [-0.1, -0.05) is 24.7 Å². The molecule has 0 bridgehead atoms. The first kappa shape index (κ1) is 15.7. The summed E-state index contributed by atoms with van der Waals surface area (Å²) in [5.74, 6) is 0. The van der Waals surface area contributed by atoms with Crippen LogP contribution in [0.25, 0.3) is 0 Å². The molecule has 1 aliphatic rings. The zero-order chi connectivity index (χ0) is 14.5. The highest BCUT2D eigenvalue weighted by molar-refractivity contribution is 9.10. The average Bonchev–Trinajstić information content (AvgIpc) is 2.39. The van der Waals surface area contributed by atoms with Crippen LogP contribution in [0.15, 0.2) is 22.7 Å². The summed E-state index contributed by atoms with van der Waals surface area (Å²) in [6, 6.07) is 6.37. The molecule has 5 heteroatoms. The second kappa shape index (κ2) is 7.38. The van der Waals surface area contributed by atoms with Gasteiger partial charge in [0.05, 0.1) is 0 Å². The SMILES string of the molecule is CC(CN1CCCCC1)Nc1cccc(Br)c1C(N)=S. The Labute approximate surface area is 135 Å². The minimum absolute atomic E-state index is 0.371. The smallest absolute Gasteiger partial charge is 0.107 e. The highest BCUT2D eigenvalue weighted by Crippen LogP contribution is 2.25. The molecule has 1 aromatic carbocycles. The molecule has 0 amide bonds. The van der Waals surface area contributed by atoms with E-state index in [1.165, 1.54) is 32.4 Å². The molecule has 3 N–H and O–H groups in total. The van der Waals surface area contributed by atoms with Crippen molar-refractivity contribution in [1.82, 2.24) is 4.90 Å². The maximum atomic E-state index is 5.83. The van der Waals surface area contributed by atoms with E-state index in [1.54, 1.807) is 0 Å². The van der Waals surface area contributed by atoms with Gasteiger partial charge in [-0.15, -0.1) is 0 Å². The van der Waals surface area contributed by atoms with Crippen molar-refractivity contribution in [3.05, 3.63) is 28.2 Å². The number of thiocarbonyl (C=S) groups is 1. The Balaban J connectivity index is 2.01. The summed E-state index contributed by atoms with van der Waals surface area (Å²) in [6.45, 7) is 5.70. The zero-order valence-electron chi connectivity index (χ0n) is 11.9. The first-order chi connectivity index (χ1) is 9.58. The molecule has 1 aromatic rings. The summed E-state index contributed by atoms with van der Waals surface area (Å²) in [4.78, 5) is 2.95. The number of halogens is 1. The molecule has 110 valence electrons. The lowest BCUT2D eigenvalue weighted by molar-refractivity contribution is 0.223. The van der Waals surface area contributed by atoms with E-state index in [1.807, 2.05) is 18.2 Å². The second-order valence-electron chi connectivity index (χ2n) is 5.43. The molecule has 20 heavy (non-hydrogen) atoms. The van der Waals surface area contributed by atoms with Crippen LogP contribution in [-0.4, -0.2) is 35.6 Å². The standard InChI is InChI=1S/C15H22BrN3S/c1-11(10-19-8-3-2-4-9-19)18-13-7-5-6-12(16)14(13)15(17)20/h5-7,11,18H,2-4,8-10H2,1H3,(H2,17,20). The average molecular weight is 356 g/mol. The van der Waals surface area contributed by atoms with Gasteiger partial charge >= 0.3 is 0 Å². The number of anilines is 1. The molecule has 1 fully saturated rings. The highest BCUT2D eigenvalue weighted by atomic mass is 79.9. The fraction of sp³-hybridized carbons (Fsp3) is 0.533. The Morgan fingerprint density at radius 2 is 2.10 bits per heavy atom. The molecule has 1 saturated heterocycles. The molecular formula is C15H22BrN3S. The van der Waals surface area contributed by atoms with E-state index >= 15 is 0 Å². The molecular weight excluding hydrogens is 334 g/mol. The number of nitrogens with zero attached hydrogens (tertiary/aromatic N) is 1. The predicted octanol–water partition coefficient (Wildman–Crippen LogP) is 3.37. The van der Waals surface area contributed by atoms with Crippen molar-refractivity contribution < 1.29 is 0 Å². The van der Waals surface area contributed by atoms with Gasteiger partial charge in [0.25, 0.3) is 0 Å². The van der Waals surface area contributed by atoms with Gasteiger partial charge in [0.2, 0.25) is 0 Å². The third-order valence-electron chi connectivity index (χ3n) is 3.64. The van der Waals surface area contributed by atoms with Crippen LogP contribution < -0.4 is 11.1 Å². The first-order valence-corrected chi connectivity index (χ1v) is 8.35. The van der Waals surface area contributed by atoms with Crippen LogP contribution in [0.2, 0.25) is 0 Å². The maximum Gasteiger partial charge on any atom is 0.107 e. The maximum absolute atomic E-state index is 5.83. The minimum atomic E-state index is 0.371. The molecule has 0 aromatic heterocycles. The van der Waals surface area contributed by atoms with Crippen LogP contribution in [0, 0.1) is 0 Å². The number of nitrogens with two attached hydrogens (primary N) is 1. The number of piperidine rings is 1. The number of rotatable bonds is 5. The molecule has 0 spiro atoms. The third-order valence-corrected chi connectivity index (χ3v) is 4.51. The van der Waals surface area contributed by atoms with Gasteiger partial charge in [-0.2, -0.15) is 0 Å². The molecule has 2 rings (SSSR count). The molecule has 1 atom stereocenters. The van der Waals surface area contributed by atoms with E-state index in [9.17, 15) is 0 Å². The van der Waals surface area contributed by atoms with Gasteiger partial charge in [0.15, 0.2) is 0 Å². The summed E-state index contributed by atoms with van der Waals surface area (Å²) in [6.07, 6.45) is 4.01. The van der Waals surface area contributed by atoms with Crippen molar-refractivity contribution >= 4 is 38.8 Å². The van der Waals surface area contributed by atoms with Crippen LogP contribution in [0.3, 0.4) is 0 Å².